The molecule has 0 amide bonds. The molecule has 1 aliphatic rings. The first-order valence-corrected chi connectivity index (χ1v) is 6.95. The van der Waals surface area contributed by atoms with Crippen LogP contribution in [0.5, 0.6) is 0 Å². The first kappa shape index (κ1) is 14.2. The molecule has 0 unspecified atom stereocenters. The summed E-state index contributed by atoms with van der Waals surface area (Å²) in [5, 5.41) is 0. The Balaban J connectivity index is 2.01. The van der Waals surface area contributed by atoms with Crippen LogP contribution in [0.4, 0.5) is 0 Å². The quantitative estimate of drug-likeness (QED) is 0.707. The number of rotatable bonds is 7. The van der Waals surface area contributed by atoms with E-state index in [4.69, 9.17) is 4.74 Å². The molecule has 0 atom stereocenters. The van der Waals surface area contributed by atoms with Gasteiger partial charge in [-0.2, -0.15) is 0 Å². The first-order valence-electron chi connectivity index (χ1n) is 6.95. The van der Waals surface area contributed by atoms with E-state index in [0.717, 1.165) is 17.7 Å². The molecule has 0 saturated heterocycles. The van der Waals surface area contributed by atoms with E-state index in [9.17, 15) is 4.79 Å². The Kier molecular flexibility index (Phi) is 4.72. The van der Waals surface area contributed by atoms with Crippen LogP contribution in [0.15, 0.2) is 18.2 Å². The van der Waals surface area contributed by atoms with Crippen LogP contribution in [0.3, 0.4) is 0 Å². The number of carbonyl (C=O) groups excluding carboxylic acids is 1. The summed E-state index contributed by atoms with van der Waals surface area (Å²) < 4.78 is 5.12. The third-order valence-electron chi connectivity index (χ3n) is 3.67. The van der Waals surface area contributed by atoms with Crippen molar-refractivity contribution < 1.29 is 9.53 Å². The van der Waals surface area contributed by atoms with Crippen LogP contribution in [0.25, 0.3) is 0 Å². The molecule has 0 aromatic heterocycles. The Bertz CT molecular complexity index is 452. The summed E-state index contributed by atoms with van der Waals surface area (Å²) in [6.07, 6.45) is 2.42. The highest BCUT2D eigenvalue weighted by Crippen LogP contribution is 2.26. The Labute approximate surface area is 115 Å². The fourth-order valence-electron chi connectivity index (χ4n) is 2.44. The molecule has 104 valence electrons. The highest BCUT2D eigenvalue weighted by Gasteiger charge is 2.30. The maximum absolute atomic E-state index is 12.4. The predicted octanol–water partition coefficient (Wildman–Crippen LogP) is 2.60. The van der Waals surface area contributed by atoms with Gasteiger partial charge in [-0.15, -0.1) is 0 Å². The summed E-state index contributed by atoms with van der Waals surface area (Å²) in [7, 11) is 1.71. The van der Waals surface area contributed by atoms with E-state index in [1.165, 1.54) is 18.4 Å². The third kappa shape index (κ3) is 3.88. The molecule has 0 spiro atoms. The van der Waals surface area contributed by atoms with Crippen LogP contribution in [0.2, 0.25) is 0 Å². The van der Waals surface area contributed by atoms with Gasteiger partial charge in [-0.05, 0) is 32.3 Å². The molecule has 1 saturated carbocycles. The van der Waals surface area contributed by atoms with Crippen LogP contribution in [0, 0.1) is 13.8 Å². The number of hydrogen-bond donors (Lipinski definition) is 0. The van der Waals surface area contributed by atoms with Gasteiger partial charge in [0.15, 0.2) is 5.78 Å². The summed E-state index contributed by atoms with van der Waals surface area (Å²) >= 11 is 0. The van der Waals surface area contributed by atoms with Crippen molar-refractivity contribution in [2.45, 2.75) is 32.7 Å². The second-order valence-electron chi connectivity index (χ2n) is 5.44. The molecule has 0 N–H and O–H groups in total. The third-order valence-corrected chi connectivity index (χ3v) is 3.67. The molecule has 1 aromatic carbocycles. The fourth-order valence-corrected chi connectivity index (χ4v) is 2.44. The number of nitrogens with zero attached hydrogens (tertiary/aromatic N) is 1. The van der Waals surface area contributed by atoms with Crippen molar-refractivity contribution in [2.75, 3.05) is 26.8 Å². The van der Waals surface area contributed by atoms with Gasteiger partial charge >= 0.3 is 0 Å². The molecule has 1 aliphatic carbocycles. The van der Waals surface area contributed by atoms with Gasteiger partial charge in [-0.3, -0.25) is 9.69 Å². The Hall–Kier alpha value is -1.19. The summed E-state index contributed by atoms with van der Waals surface area (Å²) in [4.78, 5) is 14.7. The Morgan fingerprint density at radius 3 is 2.68 bits per heavy atom. The van der Waals surface area contributed by atoms with Gasteiger partial charge in [-0.25, -0.2) is 0 Å². The summed E-state index contributed by atoms with van der Waals surface area (Å²) in [5.74, 6) is 0.223. The average Bonchev–Trinajstić information content (AvgIpc) is 3.18. The van der Waals surface area contributed by atoms with E-state index in [1.54, 1.807) is 7.11 Å². The molecular weight excluding hydrogens is 238 g/mol. The Morgan fingerprint density at radius 2 is 2.11 bits per heavy atom. The highest BCUT2D eigenvalue weighted by atomic mass is 16.5. The molecule has 2 rings (SSSR count). The van der Waals surface area contributed by atoms with Crippen molar-refractivity contribution in [3.05, 3.63) is 34.9 Å². The molecule has 0 radical (unpaired) electrons. The molecule has 1 aromatic rings. The second kappa shape index (κ2) is 6.31. The maximum Gasteiger partial charge on any atom is 0.177 e. The molecule has 0 aliphatic heterocycles. The first-order chi connectivity index (χ1) is 9.11. The number of carbonyl (C=O) groups is 1. The zero-order chi connectivity index (χ0) is 13.8. The highest BCUT2D eigenvalue weighted by molar-refractivity contribution is 5.99. The van der Waals surface area contributed by atoms with Crippen molar-refractivity contribution in [1.29, 1.82) is 0 Å². The average molecular weight is 261 g/mol. The molecule has 1 fully saturated rings. The van der Waals surface area contributed by atoms with E-state index < -0.39 is 0 Å². The minimum absolute atomic E-state index is 0.223. The smallest absolute Gasteiger partial charge is 0.177 e. The lowest BCUT2D eigenvalue weighted by atomic mass is 10.0. The lowest BCUT2D eigenvalue weighted by molar-refractivity contribution is 0.0885. The van der Waals surface area contributed by atoms with Crippen molar-refractivity contribution in [3.8, 4) is 0 Å². The van der Waals surface area contributed by atoms with E-state index in [1.807, 2.05) is 19.1 Å². The monoisotopic (exact) mass is 261 g/mol. The number of methoxy groups -OCH3 is 1. The van der Waals surface area contributed by atoms with Crippen molar-refractivity contribution in [3.63, 3.8) is 0 Å². The van der Waals surface area contributed by atoms with Gasteiger partial charge in [-0.1, -0.05) is 23.8 Å². The lowest BCUT2D eigenvalue weighted by Crippen LogP contribution is -2.34. The van der Waals surface area contributed by atoms with Gasteiger partial charge in [0.1, 0.15) is 0 Å². The van der Waals surface area contributed by atoms with Crippen LogP contribution in [-0.2, 0) is 4.74 Å². The van der Waals surface area contributed by atoms with E-state index in [0.29, 0.717) is 19.2 Å². The molecule has 0 bridgehead atoms. The van der Waals surface area contributed by atoms with Crippen LogP contribution >= 0.6 is 0 Å². The SMILES string of the molecule is COCCN(CC(=O)c1ccc(C)cc1C)C1CC1. The molecule has 3 nitrogen and oxygen atoms in total. The molecular formula is C16H23NO2. The fraction of sp³-hybridized carbons (Fsp3) is 0.562. The summed E-state index contributed by atoms with van der Waals surface area (Å²) in [5.41, 5.74) is 3.13. The lowest BCUT2D eigenvalue weighted by Gasteiger charge is -2.21. The normalized spacial score (nSPS) is 14.9. The number of ether oxygens (including phenoxy) is 1. The minimum atomic E-state index is 0.223. The standard InChI is InChI=1S/C16H23NO2/c1-12-4-7-15(13(2)10-12)16(18)11-17(8-9-19-3)14-5-6-14/h4,7,10,14H,5-6,8-9,11H2,1-3H3. The zero-order valence-corrected chi connectivity index (χ0v) is 12.1. The van der Waals surface area contributed by atoms with Gasteiger partial charge < -0.3 is 4.74 Å². The second-order valence-corrected chi connectivity index (χ2v) is 5.44. The van der Waals surface area contributed by atoms with Crippen LogP contribution < -0.4 is 0 Å². The number of Topliss-reactive ketones (excluding diaryl/α,β-unsaturated/α-hetero) is 1. The number of hydrogen-bond acceptors (Lipinski definition) is 3. The van der Waals surface area contributed by atoms with Crippen molar-refractivity contribution >= 4 is 5.78 Å². The number of aryl methyl sites for hydroxylation is 2. The van der Waals surface area contributed by atoms with Crippen molar-refractivity contribution in [2.24, 2.45) is 0 Å². The van der Waals surface area contributed by atoms with E-state index in [-0.39, 0.29) is 5.78 Å². The molecule has 19 heavy (non-hydrogen) atoms. The van der Waals surface area contributed by atoms with E-state index in [2.05, 4.69) is 17.9 Å². The van der Waals surface area contributed by atoms with Gasteiger partial charge in [0.05, 0.1) is 13.2 Å². The predicted molar refractivity (Wildman–Crippen MR) is 76.7 cm³/mol. The molecule has 3 heteroatoms. The van der Waals surface area contributed by atoms with Crippen molar-refractivity contribution in [1.82, 2.24) is 4.90 Å². The minimum Gasteiger partial charge on any atom is -0.383 e. The largest absolute Gasteiger partial charge is 0.383 e. The van der Waals surface area contributed by atoms with Crippen LogP contribution in [-0.4, -0.2) is 43.5 Å². The number of ketones is 1. The number of benzene rings is 1. The molecule has 0 heterocycles. The zero-order valence-electron chi connectivity index (χ0n) is 12.1. The van der Waals surface area contributed by atoms with Gasteiger partial charge in [0, 0.05) is 25.3 Å². The summed E-state index contributed by atoms with van der Waals surface area (Å²) in [6.45, 7) is 6.11. The topological polar surface area (TPSA) is 29.5 Å². The Morgan fingerprint density at radius 1 is 1.37 bits per heavy atom. The van der Waals surface area contributed by atoms with Gasteiger partial charge in [0.2, 0.25) is 0 Å². The van der Waals surface area contributed by atoms with Crippen LogP contribution in [0.1, 0.15) is 34.3 Å². The summed E-state index contributed by atoms with van der Waals surface area (Å²) in [6, 6.07) is 6.62. The maximum atomic E-state index is 12.4. The van der Waals surface area contributed by atoms with Gasteiger partial charge in [0.25, 0.3) is 0 Å². The van der Waals surface area contributed by atoms with E-state index >= 15 is 0 Å².